The number of hydrogen-bond acceptors (Lipinski definition) is 7. The van der Waals surface area contributed by atoms with Crippen LogP contribution in [0.1, 0.15) is 12.8 Å². The van der Waals surface area contributed by atoms with Gasteiger partial charge in [0.25, 0.3) is 0 Å². The Labute approximate surface area is 172 Å². The van der Waals surface area contributed by atoms with Gasteiger partial charge in [0, 0.05) is 30.1 Å². The average molecular weight is 414 g/mol. The molecule has 3 aromatic rings. The molecular weight excluding hydrogens is 394 g/mol. The smallest absolute Gasteiger partial charge is 0.227 e. The van der Waals surface area contributed by atoms with Gasteiger partial charge in [0.1, 0.15) is 30.5 Å². The molecule has 1 fully saturated rings. The first-order chi connectivity index (χ1) is 14.1. The summed E-state index contributed by atoms with van der Waals surface area (Å²) in [6, 6.07) is 7.03. The maximum atomic E-state index is 12.7. The van der Waals surface area contributed by atoms with Crippen LogP contribution in [-0.2, 0) is 4.79 Å². The summed E-state index contributed by atoms with van der Waals surface area (Å²) in [5.74, 6) is 1.92. The summed E-state index contributed by atoms with van der Waals surface area (Å²) in [7, 11) is 1.56. The molecule has 1 amide bonds. The number of benzene rings is 1. The SMILES string of the molecule is COc1ccc(Cl)cc1NC(=O)C1CCN(c2cc(-n3cncn3)ncn2)CC1. The predicted molar refractivity (Wildman–Crippen MR) is 109 cm³/mol. The summed E-state index contributed by atoms with van der Waals surface area (Å²) in [6.07, 6.45) is 6.00. The van der Waals surface area contributed by atoms with Gasteiger partial charge in [-0.15, -0.1) is 0 Å². The van der Waals surface area contributed by atoms with Crippen molar-refractivity contribution in [2.24, 2.45) is 5.92 Å². The first-order valence-electron chi connectivity index (χ1n) is 9.20. The topological polar surface area (TPSA) is 98.1 Å². The van der Waals surface area contributed by atoms with Crippen molar-refractivity contribution in [3.8, 4) is 11.6 Å². The summed E-state index contributed by atoms with van der Waals surface area (Å²) < 4.78 is 6.89. The molecule has 3 heterocycles. The Morgan fingerprint density at radius 1 is 1.17 bits per heavy atom. The van der Waals surface area contributed by atoms with E-state index in [-0.39, 0.29) is 11.8 Å². The summed E-state index contributed by atoms with van der Waals surface area (Å²) >= 11 is 6.04. The number of hydrogen-bond donors (Lipinski definition) is 1. The van der Waals surface area contributed by atoms with Crippen LogP contribution in [0.3, 0.4) is 0 Å². The maximum Gasteiger partial charge on any atom is 0.227 e. The minimum Gasteiger partial charge on any atom is -0.495 e. The van der Waals surface area contributed by atoms with Crippen LogP contribution in [0.15, 0.2) is 43.2 Å². The first kappa shape index (κ1) is 19.1. The van der Waals surface area contributed by atoms with E-state index in [2.05, 4.69) is 30.3 Å². The van der Waals surface area contributed by atoms with Crippen molar-refractivity contribution >= 4 is 29.0 Å². The second-order valence-corrected chi connectivity index (χ2v) is 7.11. The van der Waals surface area contributed by atoms with Crippen LogP contribution in [0, 0.1) is 5.92 Å². The molecule has 1 aliphatic rings. The van der Waals surface area contributed by atoms with E-state index < -0.39 is 0 Å². The number of carbonyl (C=O) groups is 1. The highest BCUT2D eigenvalue weighted by atomic mass is 35.5. The minimum absolute atomic E-state index is 0.0313. The van der Waals surface area contributed by atoms with Gasteiger partial charge in [-0.3, -0.25) is 4.79 Å². The molecule has 0 radical (unpaired) electrons. The van der Waals surface area contributed by atoms with Crippen molar-refractivity contribution in [1.82, 2.24) is 24.7 Å². The fourth-order valence-electron chi connectivity index (χ4n) is 3.35. The summed E-state index contributed by atoms with van der Waals surface area (Å²) in [5.41, 5.74) is 0.584. The summed E-state index contributed by atoms with van der Waals surface area (Å²) in [4.78, 5) is 27.4. The van der Waals surface area contributed by atoms with Gasteiger partial charge in [-0.2, -0.15) is 5.10 Å². The number of methoxy groups -OCH3 is 1. The number of carbonyl (C=O) groups excluding carboxylic acids is 1. The van der Waals surface area contributed by atoms with Crippen molar-refractivity contribution in [2.75, 3.05) is 30.4 Å². The highest BCUT2D eigenvalue weighted by molar-refractivity contribution is 6.31. The molecule has 10 heteroatoms. The van der Waals surface area contributed by atoms with E-state index >= 15 is 0 Å². The fraction of sp³-hybridized carbons (Fsp3) is 0.316. The molecular formula is C19H20ClN7O2. The Hall–Kier alpha value is -3.20. The molecule has 29 heavy (non-hydrogen) atoms. The van der Waals surface area contributed by atoms with E-state index in [9.17, 15) is 4.79 Å². The van der Waals surface area contributed by atoms with E-state index in [4.69, 9.17) is 16.3 Å². The molecule has 1 aliphatic heterocycles. The first-order valence-corrected chi connectivity index (χ1v) is 9.58. The van der Waals surface area contributed by atoms with Crippen LogP contribution in [-0.4, -0.2) is 50.8 Å². The van der Waals surface area contributed by atoms with Crippen LogP contribution in [0.2, 0.25) is 5.02 Å². The van der Waals surface area contributed by atoms with Crippen molar-refractivity contribution in [2.45, 2.75) is 12.8 Å². The third-order valence-electron chi connectivity index (χ3n) is 4.90. The molecule has 1 N–H and O–H groups in total. The van der Waals surface area contributed by atoms with E-state index in [0.717, 1.165) is 31.7 Å². The lowest BCUT2D eigenvalue weighted by molar-refractivity contribution is -0.120. The number of piperidine rings is 1. The van der Waals surface area contributed by atoms with Crippen molar-refractivity contribution in [3.63, 3.8) is 0 Å². The Morgan fingerprint density at radius 3 is 2.69 bits per heavy atom. The largest absolute Gasteiger partial charge is 0.495 e. The fourth-order valence-corrected chi connectivity index (χ4v) is 3.52. The highest BCUT2D eigenvalue weighted by Crippen LogP contribution is 2.29. The lowest BCUT2D eigenvalue weighted by Gasteiger charge is -2.32. The third-order valence-corrected chi connectivity index (χ3v) is 5.14. The molecule has 0 atom stereocenters. The molecule has 0 aliphatic carbocycles. The monoisotopic (exact) mass is 413 g/mol. The number of nitrogens with one attached hydrogen (secondary N) is 1. The molecule has 9 nitrogen and oxygen atoms in total. The van der Waals surface area contributed by atoms with Gasteiger partial charge in [0.2, 0.25) is 5.91 Å². The van der Waals surface area contributed by atoms with E-state index in [0.29, 0.717) is 22.3 Å². The quantitative estimate of drug-likeness (QED) is 0.686. The Bertz CT molecular complexity index is 988. The Balaban J connectivity index is 1.39. The summed E-state index contributed by atoms with van der Waals surface area (Å²) in [5, 5.41) is 7.58. The number of aromatic nitrogens is 5. The molecule has 4 rings (SSSR count). The zero-order valence-electron chi connectivity index (χ0n) is 15.8. The number of amides is 1. The van der Waals surface area contributed by atoms with E-state index in [1.165, 1.54) is 12.7 Å². The normalized spacial score (nSPS) is 14.6. The third kappa shape index (κ3) is 4.29. The number of rotatable bonds is 5. The molecule has 0 spiro atoms. The van der Waals surface area contributed by atoms with Crippen LogP contribution in [0.25, 0.3) is 5.82 Å². The molecule has 0 saturated carbocycles. The van der Waals surface area contributed by atoms with Crippen molar-refractivity contribution < 1.29 is 9.53 Å². The minimum atomic E-state index is -0.0911. The molecule has 1 aromatic carbocycles. The lowest BCUT2D eigenvalue weighted by atomic mass is 9.95. The number of halogens is 1. The second-order valence-electron chi connectivity index (χ2n) is 6.67. The van der Waals surface area contributed by atoms with Crippen LogP contribution in [0.5, 0.6) is 5.75 Å². The average Bonchev–Trinajstić information content (AvgIpc) is 3.29. The van der Waals surface area contributed by atoms with Gasteiger partial charge >= 0.3 is 0 Å². The van der Waals surface area contributed by atoms with E-state index in [1.807, 2.05) is 6.07 Å². The Morgan fingerprint density at radius 2 is 1.97 bits per heavy atom. The van der Waals surface area contributed by atoms with Gasteiger partial charge < -0.3 is 15.0 Å². The zero-order valence-corrected chi connectivity index (χ0v) is 16.6. The van der Waals surface area contributed by atoms with Crippen molar-refractivity contribution in [3.05, 3.63) is 48.3 Å². The number of ether oxygens (including phenoxy) is 1. The summed E-state index contributed by atoms with van der Waals surface area (Å²) in [6.45, 7) is 1.44. The Kier molecular flexibility index (Phi) is 5.57. The molecule has 1 saturated heterocycles. The van der Waals surface area contributed by atoms with Gasteiger partial charge in [-0.1, -0.05) is 11.6 Å². The van der Waals surface area contributed by atoms with E-state index in [1.54, 1.807) is 36.3 Å². The predicted octanol–water partition coefficient (Wildman–Crippen LogP) is 2.57. The highest BCUT2D eigenvalue weighted by Gasteiger charge is 2.26. The van der Waals surface area contributed by atoms with Crippen LogP contribution < -0.4 is 15.0 Å². The molecule has 2 aromatic heterocycles. The van der Waals surface area contributed by atoms with Gasteiger partial charge in [-0.05, 0) is 31.0 Å². The van der Waals surface area contributed by atoms with Crippen molar-refractivity contribution in [1.29, 1.82) is 0 Å². The number of anilines is 2. The van der Waals surface area contributed by atoms with Gasteiger partial charge in [0.15, 0.2) is 5.82 Å². The standard InChI is InChI=1S/C19H20ClN7O2/c1-29-16-3-2-14(20)8-15(16)25-19(28)13-4-6-26(7-5-13)17-9-18(23-11-22-17)27-12-21-10-24-27/h2-3,8-13H,4-7H2,1H3,(H,25,28). The van der Waals surface area contributed by atoms with Crippen LogP contribution in [0.4, 0.5) is 11.5 Å². The molecule has 0 bridgehead atoms. The molecule has 0 unspecified atom stereocenters. The zero-order chi connectivity index (χ0) is 20.2. The molecule has 150 valence electrons. The van der Waals surface area contributed by atoms with Gasteiger partial charge in [-0.25, -0.2) is 19.6 Å². The maximum absolute atomic E-state index is 12.7. The lowest BCUT2D eigenvalue weighted by Crippen LogP contribution is -2.38. The van der Waals surface area contributed by atoms with Crippen LogP contribution >= 0.6 is 11.6 Å². The second kappa shape index (κ2) is 8.44. The van der Waals surface area contributed by atoms with Gasteiger partial charge in [0.05, 0.1) is 12.8 Å². The number of nitrogens with zero attached hydrogens (tertiary/aromatic N) is 6.